The minimum atomic E-state index is -0.486. The highest BCUT2D eigenvalue weighted by molar-refractivity contribution is 7.16. The normalized spacial score (nSPS) is 11.0. The highest BCUT2D eigenvalue weighted by Gasteiger charge is 2.14. The van der Waals surface area contributed by atoms with Crippen molar-refractivity contribution < 1.29 is 4.79 Å². The van der Waals surface area contributed by atoms with Crippen molar-refractivity contribution in [3.05, 3.63) is 66.4 Å². The van der Waals surface area contributed by atoms with Gasteiger partial charge in [0.2, 0.25) is 5.91 Å². The number of hydrogen-bond acceptors (Lipinski definition) is 4. The molecule has 1 N–H and O–H groups in total. The van der Waals surface area contributed by atoms with Crippen molar-refractivity contribution in [1.29, 1.82) is 0 Å². The van der Waals surface area contributed by atoms with E-state index in [1.54, 1.807) is 37.3 Å². The second-order valence-corrected chi connectivity index (χ2v) is 7.22. The van der Waals surface area contributed by atoms with E-state index in [1.165, 1.54) is 15.9 Å². The Balaban J connectivity index is 1.91. The molecule has 0 spiro atoms. The van der Waals surface area contributed by atoms with Crippen molar-refractivity contribution in [2.24, 2.45) is 0 Å². The number of amides is 1. The summed E-state index contributed by atoms with van der Waals surface area (Å²) in [6, 6.07) is 10.4. The molecule has 0 saturated heterocycles. The zero-order valence-electron chi connectivity index (χ0n) is 13.5. The van der Waals surface area contributed by atoms with Gasteiger partial charge in [0.25, 0.3) is 5.56 Å². The second kappa shape index (κ2) is 7.25. The molecule has 3 rings (SSSR count). The molecule has 130 valence electrons. The van der Waals surface area contributed by atoms with Crippen LogP contribution in [-0.2, 0) is 24.4 Å². The molecule has 2 heterocycles. The molecule has 0 bridgehead atoms. The molecule has 8 heteroatoms. The molecule has 0 aliphatic rings. The van der Waals surface area contributed by atoms with Gasteiger partial charge in [0.05, 0.1) is 21.8 Å². The highest BCUT2D eigenvalue weighted by atomic mass is 35.5. The average Bonchev–Trinajstić information content (AvgIpc) is 3.03. The summed E-state index contributed by atoms with van der Waals surface area (Å²) >= 11 is 7.25. The molecule has 0 atom stereocenters. The number of nitrogens with zero attached hydrogens (tertiary/aromatic N) is 2. The number of thiophene rings is 1. The van der Waals surface area contributed by atoms with Crippen LogP contribution in [0, 0.1) is 0 Å². The lowest BCUT2D eigenvalue weighted by Gasteiger charge is -2.13. The van der Waals surface area contributed by atoms with Gasteiger partial charge in [-0.15, -0.1) is 11.3 Å². The summed E-state index contributed by atoms with van der Waals surface area (Å²) in [5.41, 5.74) is -0.370. The van der Waals surface area contributed by atoms with E-state index in [1.807, 2.05) is 6.07 Å². The monoisotopic (exact) mass is 377 g/mol. The molecule has 0 unspecified atom stereocenters. The predicted octanol–water partition coefficient (Wildman–Crippen LogP) is 2.21. The Labute approximate surface area is 152 Å². The Kier molecular flexibility index (Phi) is 5.06. The minimum absolute atomic E-state index is 0.154. The lowest BCUT2D eigenvalue weighted by Crippen LogP contribution is -2.42. The third-order valence-corrected chi connectivity index (χ3v) is 5.07. The van der Waals surface area contributed by atoms with Gasteiger partial charge in [-0.05, 0) is 31.2 Å². The molecule has 0 aliphatic heterocycles. The van der Waals surface area contributed by atoms with E-state index in [0.29, 0.717) is 21.8 Å². The van der Waals surface area contributed by atoms with Crippen LogP contribution in [0.15, 0.2) is 46.0 Å². The first-order chi connectivity index (χ1) is 12.0. The number of carbonyl (C=O) groups is 1. The molecule has 0 fully saturated rings. The zero-order valence-corrected chi connectivity index (χ0v) is 15.1. The van der Waals surface area contributed by atoms with E-state index >= 15 is 0 Å². The summed E-state index contributed by atoms with van der Waals surface area (Å²) in [4.78, 5) is 38.2. The Bertz CT molecular complexity index is 1050. The minimum Gasteiger partial charge on any atom is -0.350 e. The van der Waals surface area contributed by atoms with Crippen LogP contribution < -0.4 is 16.6 Å². The Morgan fingerprint density at radius 2 is 1.92 bits per heavy atom. The number of aromatic nitrogens is 2. The summed E-state index contributed by atoms with van der Waals surface area (Å²) in [5.74, 6) is -0.307. The van der Waals surface area contributed by atoms with Gasteiger partial charge in [-0.25, -0.2) is 4.79 Å². The van der Waals surface area contributed by atoms with E-state index in [0.717, 1.165) is 9.44 Å². The Hall–Kier alpha value is -2.38. The van der Waals surface area contributed by atoms with Crippen molar-refractivity contribution >= 4 is 39.7 Å². The molecule has 1 amide bonds. The lowest BCUT2D eigenvalue weighted by atomic mass is 10.2. The molecule has 6 nitrogen and oxygen atoms in total. The summed E-state index contributed by atoms with van der Waals surface area (Å²) in [5, 5.41) is 3.19. The molecular formula is C17H16ClN3O3S. The molecular weight excluding hydrogens is 362 g/mol. The van der Waals surface area contributed by atoms with Crippen molar-refractivity contribution in [3.8, 4) is 0 Å². The summed E-state index contributed by atoms with van der Waals surface area (Å²) in [6.45, 7) is 2.16. The lowest BCUT2D eigenvalue weighted by molar-refractivity contribution is -0.121. The van der Waals surface area contributed by atoms with Crippen LogP contribution in [0.2, 0.25) is 4.34 Å². The van der Waals surface area contributed by atoms with Gasteiger partial charge in [0.15, 0.2) is 0 Å². The highest BCUT2D eigenvalue weighted by Crippen LogP contribution is 2.20. The predicted molar refractivity (Wildman–Crippen MR) is 99.3 cm³/mol. The van der Waals surface area contributed by atoms with Gasteiger partial charge in [-0.2, -0.15) is 0 Å². The first kappa shape index (κ1) is 17.4. The molecule has 0 aliphatic carbocycles. The van der Waals surface area contributed by atoms with Crippen LogP contribution in [0.5, 0.6) is 0 Å². The largest absolute Gasteiger partial charge is 0.350 e. The molecule has 0 saturated carbocycles. The standard InChI is InChI=1S/C17H16ClN3O3S/c1-2-20-16(23)12-5-3-4-6-13(12)21(17(20)24)10-15(22)19-9-11-7-8-14(18)25-11/h3-8H,2,9-10H2,1H3,(H,19,22). The number of nitrogens with one attached hydrogen (secondary N) is 1. The fraction of sp³-hybridized carbons (Fsp3) is 0.235. The number of halogens is 1. The van der Waals surface area contributed by atoms with Gasteiger partial charge in [0, 0.05) is 11.4 Å². The fourth-order valence-electron chi connectivity index (χ4n) is 2.63. The average molecular weight is 378 g/mol. The van der Waals surface area contributed by atoms with Crippen LogP contribution in [0.25, 0.3) is 10.9 Å². The SMILES string of the molecule is CCn1c(=O)c2ccccc2n(CC(=O)NCc2ccc(Cl)s2)c1=O. The maximum atomic E-state index is 12.6. The maximum absolute atomic E-state index is 12.6. The summed E-state index contributed by atoms with van der Waals surface area (Å²) < 4.78 is 3.12. The second-order valence-electron chi connectivity index (χ2n) is 5.42. The van der Waals surface area contributed by atoms with Gasteiger partial charge in [-0.3, -0.25) is 18.7 Å². The summed E-state index contributed by atoms with van der Waals surface area (Å²) in [6.07, 6.45) is 0. The van der Waals surface area contributed by atoms with Crippen LogP contribution in [0.1, 0.15) is 11.8 Å². The van der Waals surface area contributed by atoms with Crippen LogP contribution >= 0.6 is 22.9 Å². The number of carbonyl (C=O) groups excluding carboxylic acids is 1. The number of benzene rings is 1. The van der Waals surface area contributed by atoms with Crippen molar-refractivity contribution in [1.82, 2.24) is 14.5 Å². The molecule has 0 radical (unpaired) electrons. The molecule has 1 aromatic carbocycles. The maximum Gasteiger partial charge on any atom is 0.331 e. The Morgan fingerprint density at radius 3 is 2.60 bits per heavy atom. The smallest absolute Gasteiger partial charge is 0.331 e. The topological polar surface area (TPSA) is 73.1 Å². The first-order valence-corrected chi connectivity index (χ1v) is 8.94. The van der Waals surface area contributed by atoms with E-state index in [9.17, 15) is 14.4 Å². The van der Waals surface area contributed by atoms with Crippen LogP contribution in [0.4, 0.5) is 0 Å². The van der Waals surface area contributed by atoms with Crippen LogP contribution in [-0.4, -0.2) is 15.0 Å². The van der Waals surface area contributed by atoms with Gasteiger partial charge in [0.1, 0.15) is 6.54 Å². The van der Waals surface area contributed by atoms with E-state index in [-0.39, 0.29) is 24.6 Å². The molecule has 25 heavy (non-hydrogen) atoms. The third kappa shape index (κ3) is 3.52. The zero-order chi connectivity index (χ0) is 18.0. The molecule has 2 aromatic heterocycles. The van der Waals surface area contributed by atoms with Crippen LogP contribution in [0.3, 0.4) is 0 Å². The van der Waals surface area contributed by atoms with Gasteiger partial charge in [-0.1, -0.05) is 23.7 Å². The quantitative estimate of drug-likeness (QED) is 0.741. The van der Waals surface area contributed by atoms with Crippen molar-refractivity contribution in [2.75, 3.05) is 0 Å². The van der Waals surface area contributed by atoms with E-state index in [4.69, 9.17) is 11.6 Å². The molecule has 3 aromatic rings. The summed E-state index contributed by atoms with van der Waals surface area (Å²) in [7, 11) is 0. The van der Waals surface area contributed by atoms with E-state index in [2.05, 4.69) is 5.32 Å². The fourth-order valence-corrected chi connectivity index (χ4v) is 3.66. The number of hydrogen-bond donors (Lipinski definition) is 1. The van der Waals surface area contributed by atoms with Crippen molar-refractivity contribution in [2.45, 2.75) is 26.6 Å². The first-order valence-electron chi connectivity index (χ1n) is 7.74. The number of rotatable bonds is 5. The Morgan fingerprint density at radius 1 is 1.16 bits per heavy atom. The number of fused-ring (bicyclic) bond motifs is 1. The van der Waals surface area contributed by atoms with Gasteiger partial charge >= 0.3 is 5.69 Å². The van der Waals surface area contributed by atoms with Gasteiger partial charge < -0.3 is 5.32 Å². The van der Waals surface area contributed by atoms with Crippen molar-refractivity contribution in [3.63, 3.8) is 0 Å². The van der Waals surface area contributed by atoms with E-state index < -0.39 is 5.69 Å². The number of para-hydroxylation sites is 1. The third-order valence-electron chi connectivity index (χ3n) is 3.84.